The van der Waals surface area contributed by atoms with Gasteiger partial charge in [-0.05, 0) is 31.2 Å². The monoisotopic (exact) mass is 520 g/mol. The van der Waals surface area contributed by atoms with E-state index in [0.717, 1.165) is 16.6 Å². The van der Waals surface area contributed by atoms with Gasteiger partial charge in [0.1, 0.15) is 34.0 Å². The van der Waals surface area contributed by atoms with Crippen molar-refractivity contribution in [1.29, 1.82) is 5.26 Å². The lowest BCUT2D eigenvalue weighted by atomic mass is 9.66. The van der Waals surface area contributed by atoms with Crippen molar-refractivity contribution in [1.82, 2.24) is 8.75 Å². The van der Waals surface area contributed by atoms with Gasteiger partial charge < -0.3 is 24.1 Å². The molecule has 3 saturated heterocycles. The van der Waals surface area contributed by atoms with E-state index in [1.807, 2.05) is 0 Å². The van der Waals surface area contributed by atoms with E-state index in [0.29, 0.717) is 28.3 Å². The van der Waals surface area contributed by atoms with Gasteiger partial charge in [-0.25, -0.2) is 4.90 Å². The molecule has 3 fully saturated rings. The largest absolute Gasteiger partial charge is 0.493 e. The molecule has 2 aromatic carbocycles. The highest BCUT2D eigenvalue weighted by Crippen LogP contribution is 2.62. The number of anilines is 1. The third kappa shape index (κ3) is 2.93. The van der Waals surface area contributed by atoms with Crippen molar-refractivity contribution in [3.8, 4) is 23.3 Å². The quantitative estimate of drug-likeness (QED) is 0.497. The number of aliphatic hydroxyl groups is 1. The number of hydrogen-bond donors (Lipinski definition) is 1. The fourth-order valence-corrected chi connectivity index (χ4v) is 6.85. The number of carbonyl (C=O) groups excluding carboxylic acids is 2. The lowest BCUT2D eigenvalue weighted by Crippen LogP contribution is -2.49. The molecule has 11 nitrogen and oxygen atoms in total. The molecule has 0 saturated carbocycles. The van der Waals surface area contributed by atoms with Gasteiger partial charge in [0.2, 0.25) is 18.6 Å². The minimum Gasteiger partial charge on any atom is -0.493 e. The average Bonchev–Trinajstić information content (AvgIpc) is 3.67. The van der Waals surface area contributed by atoms with Gasteiger partial charge in [-0.3, -0.25) is 9.59 Å². The third-order valence-corrected chi connectivity index (χ3v) is 8.55. The van der Waals surface area contributed by atoms with Gasteiger partial charge in [0.25, 0.3) is 0 Å². The van der Waals surface area contributed by atoms with Crippen molar-refractivity contribution in [2.45, 2.75) is 37.1 Å². The number of hydrogen-bond acceptors (Lipinski definition) is 11. The second-order valence-electron chi connectivity index (χ2n) is 9.85. The van der Waals surface area contributed by atoms with E-state index in [1.54, 1.807) is 37.3 Å². The Bertz CT molecular complexity index is 1530. The van der Waals surface area contributed by atoms with Crippen LogP contribution in [0.4, 0.5) is 5.69 Å². The van der Waals surface area contributed by atoms with Crippen LogP contribution in [-0.2, 0) is 14.3 Å². The molecule has 188 valence electrons. The molecule has 5 unspecified atom stereocenters. The molecule has 5 heterocycles. The normalized spacial score (nSPS) is 31.3. The lowest BCUT2D eigenvalue weighted by Gasteiger charge is -2.33. The van der Waals surface area contributed by atoms with Gasteiger partial charge in [-0.15, -0.1) is 0 Å². The SMILES string of the molecule is CC12OC(CCOc3ccc4c(c3)OCO4)(CC1O)C1C(=O)N(c3ccc4nsnc4c3C#N)C(=O)C12. The van der Waals surface area contributed by atoms with Crippen LogP contribution in [0.5, 0.6) is 17.2 Å². The molecular weight excluding hydrogens is 500 g/mol. The van der Waals surface area contributed by atoms with E-state index in [9.17, 15) is 20.0 Å². The van der Waals surface area contributed by atoms with Crippen LogP contribution in [0.15, 0.2) is 30.3 Å². The minimum atomic E-state index is -1.23. The maximum absolute atomic E-state index is 13.9. The van der Waals surface area contributed by atoms with Gasteiger partial charge in [0, 0.05) is 18.9 Å². The zero-order valence-electron chi connectivity index (χ0n) is 19.5. The van der Waals surface area contributed by atoms with Gasteiger partial charge in [0.05, 0.1) is 47.6 Å². The highest BCUT2D eigenvalue weighted by molar-refractivity contribution is 7.00. The van der Waals surface area contributed by atoms with Crippen LogP contribution in [0.3, 0.4) is 0 Å². The van der Waals surface area contributed by atoms with E-state index in [4.69, 9.17) is 18.9 Å². The molecule has 4 aliphatic rings. The summed E-state index contributed by atoms with van der Waals surface area (Å²) in [5.41, 5.74) is -1.16. The molecule has 5 atom stereocenters. The van der Waals surface area contributed by atoms with Crippen LogP contribution < -0.4 is 19.1 Å². The number of nitrogens with zero attached hydrogens (tertiary/aromatic N) is 4. The summed E-state index contributed by atoms with van der Waals surface area (Å²) in [4.78, 5) is 28.7. The zero-order chi connectivity index (χ0) is 25.5. The van der Waals surface area contributed by atoms with E-state index in [-0.39, 0.29) is 37.5 Å². The molecule has 4 aliphatic heterocycles. The van der Waals surface area contributed by atoms with Crippen LogP contribution in [0.1, 0.15) is 25.3 Å². The van der Waals surface area contributed by atoms with Gasteiger partial charge in [-0.2, -0.15) is 14.0 Å². The number of imide groups is 1. The van der Waals surface area contributed by atoms with Crippen molar-refractivity contribution in [2.75, 3.05) is 18.3 Å². The van der Waals surface area contributed by atoms with Crippen LogP contribution in [0.2, 0.25) is 0 Å². The topological polar surface area (TPSA) is 144 Å². The Morgan fingerprint density at radius 2 is 2.00 bits per heavy atom. The summed E-state index contributed by atoms with van der Waals surface area (Å²) in [6.45, 7) is 2.02. The summed E-state index contributed by atoms with van der Waals surface area (Å²) in [5.74, 6) is -0.849. The Labute approximate surface area is 214 Å². The minimum absolute atomic E-state index is 0.118. The zero-order valence-corrected chi connectivity index (χ0v) is 20.4. The predicted molar refractivity (Wildman–Crippen MR) is 127 cm³/mol. The number of aromatic nitrogens is 2. The molecule has 37 heavy (non-hydrogen) atoms. The Morgan fingerprint density at radius 1 is 1.19 bits per heavy atom. The number of benzene rings is 2. The first kappa shape index (κ1) is 22.4. The average molecular weight is 521 g/mol. The summed E-state index contributed by atoms with van der Waals surface area (Å²) in [7, 11) is 0. The second-order valence-corrected chi connectivity index (χ2v) is 10.4. The van der Waals surface area contributed by atoms with E-state index < -0.39 is 41.0 Å². The van der Waals surface area contributed by atoms with Crippen LogP contribution in [-0.4, -0.2) is 56.4 Å². The number of nitriles is 1. The smallest absolute Gasteiger partial charge is 0.240 e. The number of carbonyl (C=O) groups is 2. The molecule has 12 heteroatoms. The molecule has 0 aliphatic carbocycles. The Balaban J connectivity index is 1.20. The van der Waals surface area contributed by atoms with Crippen molar-refractivity contribution in [3.05, 3.63) is 35.9 Å². The maximum atomic E-state index is 13.9. The highest BCUT2D eigenvalue weighted by Gasteiger charge is 2.77. The first-order chi connectivity index (χ1) is 17.9. The molecule has 3 aromatic rings. The lowest BCUT2D eigenvalue weighted by molar-refractivity contribution is -0.134. The second kappa shape index (κ2) is 7.61. The number of amides is 2. The van der Waals surface area contributed by atoms with E-state index in [1.165, 1.54) is 0 Å². The highest BCUT2D eigenvalue weighted by atomic mass is 32.1. The molecule has 0 radical (unpaired) electrons. The summed E-state index contributed by atoms with van der Waals surface area (Å²) in [6.07, 6.45) is -0.457. The molecule has 0 spiro atoms. The first-order valence-corrected chi connectivity index (χ1v) is 12.5. The van der Waals surface area contributed by atoms with Gasteiger partial charge in [0.15, 0.2) is 11.5 Å². The molecule has 7 rings (SSSR count). The van der Waals surface area contributed by atoms with Crippen LogP contribution in [0, 0.1) is 23.2 Å². The molecule has 1 N–H and O–H groups in total. The third-order valence-electron chi connectivity index (χ3n) is 8.01. The number of rotatable bonds is 5. The molecule has 1 aromatic heterocycles. The summed E-state index contributed by atoms with van der Waals surface area (Å²) in [6, 6.07) is 10.5. The molecule has 2 amide bonds. The van der Waals surface area contributed by atoms with Crippen LogP contribution in [0.25, 0.3) is 11.0 Å². The maximum Gasteiger partial charge on any atom is 0.240 e. The van der Waals surface area contributed by atoms with Gasteiger partial charge >= 0.3 is 0 Å². The van der Waals surface area contributed by atoms with E-state index in [2.05, 4.69) is 14.8 Å². The predicted octanol–water partition coefficient (Wildman–Crippen LogP) is 2.16. The van der Waals surface area contributed by atoms with E-state index >= 15 is 0 Å². The fourth-order valence-electron chi connectivity index (χ4n) is 6.31. The number of aliphatic hydroxyl groups excluding tert-OH is 1. The summed E-state index contributed by atoms with van der Waals surface area (Å²) in [5, 5.41) is 20.8. The first-order valence-electron chi connectivity index (χ1n) is 11.8. The Morgan fingerprint density at radius 3 is 2.84 bits per heavy atom. The Kier molecular flexibility index (Phi) is 4.61. The van der Waals surface area contributed by atoms with Crippen molar-refractivity contribution < 1.29 is 33.6 Å². The summed E-state index contributed by atoms with van der Waals surface area (Å²) < 4.78 is 31.3. The standard InChI is InChI=1S/C25H20N4O7S/c1-24-18(30)9-25(36-24,6-7-33-12-2-5-16-17(8-12)35-11-34-16)20-19(24)22(31)29(23(20)32)15-4-3-14-21(13(15)10-26)28-37-27-14/h2-5,8,18-20,30H,6-7,9,11H2,1H3. The van der Waals surface area contributed by atoms with Crippen molar-refractivity contribution >= 4 is 40.3 Å². The Hall–Kier alpha value is -3.79. The van der Waals surface area contributed by atoms with Gasteiger partial charge in [-0.1, -0.05) is 0 Å². The van der Waals surface area contributed by atoms with Crippen molar-refractivity contribution in [3.63, 3.8) is 0 Å². The number of ether oxygens (including phenoxy) is 4. The molecule has 2 bridgehead atoms. The number of fused-ring (bicyclic) bond motifs is 7. The summed E-state index contributed by atoms with van der Waals surface area (Å²) >= 11 is 0.954. The van der Waals surface area contributed by atoms with Crippen molar-refractivity contribution in [2.24, 2.45) is 11.8 Å². The fraction of sp³-hybridized carbons (Fsp3) is 0.400. The van der Waals surface area contributed by atoms with Crippen LogP contribution >= 0.6 is 11.7 Å². The molecular formula is C25H20N4O7S.